The topological polar surface area (TPSA) is 238 Å². The van der Waals surface area contributed by atoms with E-state index in [1.165, 1.54) is 0 Å². The Balaban J connectivity index is 1.43. The molecular weight excluding hydrogens is 532 g/mol. The molecule has 2 saturated heterocycles. The predicted octanol–water partition coefficient (Wildman–Crippen LogP) is -2.50. The van der Waals surface area contributed by atoms with Crippen molar-refractivity contribution in [1.29, 1.82) is 0 Å². The van der Waals surface area contributed by atoms with Gasteiger partial charge in [-0.15, -0.1) is 0 Å². The molecule has 2 aliphatic rings. The fourth-order valence-corrected chi connectivity index (χ4v) is 5.01. The molecule has 0 aromatic heterocycles. The third kappa shape index (κ3) is 10.7. The molecule has 2 amide bonds. The van der Waals surface area contributed by atoms with Crippen LogP contribution in [-0.2, 0) is 19.1 Å². The van der Waals surface area contributed by atoms with Crippen molar-refractivity contribution < 1.29 is 59.9 Å². The first-order valence-electron chi connectivity index (χ1n) is 14.3. The molecular formula is C26H48N2O12. The predicted molar refractivity (Wildman–Crippen MR) is 139 cm³/mol. The average Bonchev–Trinajstić information content (AvgIpc) is 2.93. The van der Waals surface area contributed by atoms with Crippen LogP contribution < -0.4 is 10.6 Å². The standard InChI is InChI=1S/C26H48N2O12/c29-13-15-21(33)23(35)19(25(37)39-15)27-17(31)11-9-7-5-3-1-2-4-6-8-10-12-18(32)28-20-24(36)22(34)16(14-30)40-26(20)38/h15-16,19-26,29-30,33-38H,1-14H2,(H,27,31)(H,28,32)/t15-,16-,19-,20-,21-,22-,23-,24-,25-,26-/m1/s1. The van der Waals surface area contributed by atoms with Gasteiger partial charge in [-0.25, -0.2) is 0 Å². The highest BCUT2D eigenvalue weighted by Crippen LogP contribution is 2.21. The van der Waals surface area contributed by atoms with E-state index in [1.807, 2.05) is 0 Å². The summed E-state index contributed by atoms with van der Waals surface area (Å²) < 4.78 is 10.1. The van der Waals surface area contributed by atoms with Gasteiger partial charge in [-0.2, -0.15) is 0 Å². The summed E-state index contributed by atoms with van der Waals surface area (Å²) >= 11 is 0. The first-order valence-corrected chi connectivity index (χ1v) is 14.3. The van der Waals surface area contributed by atoms with E-state index in [-0.39, 0.29) is 24.7 Å². The molecule has 10 atom stereocenters. The van der Waals surface area contributed by atoms with Crippen molar-refractivity contribution in [3.8, 4) is 0 Å². The lowest BCUT2D eigenvalue weighted by molar-refractivity contribution is -0.253. The zero-order valence-corrected chi connectivity index (χ0v) is 22.9. The van der Waals surface area contributed by atoms with Gasteiger partial charge in [0, 0.05) is 12.8 Å². The van der Waals surface area contributed by atoms with Crippen molar-refractivity contribution in [2.24, 2.45) is 0 Å². The number of aliphatic hydroxyl groups excluding tert-OH is 8. The highest BCUT2D eigenvalue weighted by Gasteiger charge is 2.45. The highest BCUT2D eigenvalue weighted by atomic mass is 16.6. The van der Waals surface area contributed by atoms with Crippen LogP contribution in [0.25, 0.3) is 0 Å². The van der Waals surface area contributed by atoms with E-state index in [4.69, 9.17) is 19.7 Å². The molecule has 10 N–H and O–H groups in total. The summed E-state index contributed by atoms with van der Waals surface area (Å²) in [4.78, 5) is 24.3. The van der Waals surface area contributed by atoms with Gasteiger partial charge in [-0.1, -0.05) is 51.4 Å². The van der Waals surface area contributed by atoms with Gasteiger partial charge in [0.15, 0.2) is 12.6 Å². The van der Waals surface area contributed by atoms with E-state index >= 15 is 0 Å². The molecule has 234 valence electrons. The fraction of sp³-hybridized carbons (Fsp3) is 0.923. The number of unbranched alkanes of at least 4 members (excludes halogenated alkanes) is 9. The summed E-state index contributed by atoms with van der Waals surface area (Å²) in [7, 11) is 0. The molecule has 2 rings (SSSR count). The van der Waals surface area contributed by atoms with Crippen LogP contribution >= 0.6 is 0 Å². The molecule has 2 fully saturated rings. The molecule has 0 bridgehead atoms. The zero-order chi connectivity index (χ0) is 29.7. The Morgan fingerprint density at radius 3 is 1.10 bits per heavy atom. The lowest BCUT2D eigenvalue weighted by Gasteiger charge is -2.40. The van der Waals surface area contributed by atoms with E-state index in [0.717, 1.165) is 51.4 Å². The van der Waals surface area contributed by atoms with Crippen LogP contribution in [0.15, 0.2) is 0 Å². The van der Waals surface area contributed by atoms with Crippen LogP contribution in [0.1, 0.15) is 77.0 Å². The van der Waals surface area contributed by atoms with Crippen LogP contribution in [-0.4, -0.2) is 127 Å². The number of aliphatic hydroxyl groups is 8. The Kier molecular flexibility index (Phi) is 15.8. The van der Waals surface area contributed by atoms with Crippen LogP contribution in [0.5, 0.6) is 0 Å². The number of hydrogen-bond donors (Lipinski definition) is 10. The first-order chi connectivity index (χ1) is 19.1. The number of nitrogens with one attached hydrogen (secondary N) is 2. The van der Waals surface area contributed by atoms with Crippen molar-refractivity contribution in [3.63, 3.8) is 0 Å². The Hall–Kier alpha value is -1.46. The summed E-state index contributed by atoms with van der Waals surface area (Å²) in [5.74, 6) is -0.718. The van der Waals surface area contributed by atoms with Gasteiger partial charge in [0.2, 0.25) is 11.8 Å². The molecule has 14 heteroatoms. The second-order valence-corrected chi connectivity index (χ2v) is 10.7. The number of carbonyl (C=O) groups excluding carboxylic acids is 2. The normalized spacial score (nSPS) is 34.4. The molecule has 0 aliphatic carbocycles. The van der Waals surface area contributed by atoms with Crippen LogP contribution in [0.3, 0.4) is 0 Å². The van der Waals surface area contributed by atoms with Crippen molar-refractivity contribution in [3.05, 3.63) is 0 Å². The van der Waals surface area contributed by atoms with Gasteiger partial charge in [0.05, 0.1) is 13.2 Å². The number of rotatable bonds is 17. The van der Waals surface area contributed by atoms with Crippen molar-refractivity contribution in [2.45, 2.75) is 138 Å². The van der Waals surface area contributed by atoms with Gasteiger partial charge in [0.25, 0.3) is 0 Å². The molecule has 40 heavy (non-hydrogen) atoms. The third-order valence-electron chi connectivity index (χ3n) is 7.51. The number of ether oxygens (including phenoxy) is 2. The largest absolute Gasteiger partial charge is 0.394 e. The van der Waals surface area contributed by atoms with E-state index < -0.39 is 74.5 Å². The Morgan fingerprint density at radius 2 is 0.800 bits per heavy atom. The van der Waals surface area contributed by atoms with E-state index in [1.54, 1.807) is 0 Å². The summed E-state index contributed by atoms with van der Waals surface area (Å²) in [6, 6.07) is -2.33. The Labute approximate surface area is 234 Å². The van der Waals surface area contributed by atoms with Gasteiger partial charge >= 0.3 is 0 Å². The van der Waals surface area contributed by atoms with Gasteiger partial charge in [-0.3, -0.25) is 9.59 Å². The maximum Gasteiger partial charge on any atom is 0.220 e. The molecule has 0 aromatic rings. The average molecular weight is 581 g/mol. The Morgan fingerprint density at radius 1 is 0.500 bits per heavy atom. The minimum absolute atomic E-state index is 0.221. The number of carbonyl (C=O) groups is 2. The summed E-state index contributed by atoms with van der Waals surface area (Å²) in [6.45, 7) is -1.13. The summed E-state index contributed by atoms with van der Waals surface area (Å²) in [6.07, 6.45) is -1.41. The molecule has 2 aliphatic heterocycles. The van der Waals surface area contributed by atoms with Crippen LogP contribution in [0.2, 0.25) is 0 Å². The minimum atomic E-state index is -1.52. The molecule has 0 unspecified atom stereocenters. The quantitative estimate of drug-likeness (QED) is 0.0804. The molecule has 0 aromatic carbocycles. The lowest BCUT2D eigenvalue weighted by Crippen LogP contribution is -2.64. The molecule has 0 spiro atoms. The molecule has 0 radical (unpaired) electrons. The number of amides is 2. The van der Waals surface area contributed by atoms with Gasteiger partial charge < -0.3 is 61.0 Å². The molecule has 2 heterocycles. The maximum atomic E-state index is 12.1. The van der Waals surface area contributed by atoms with Crippen LogP contribution in [0, 0.1) is 0 Å². The van der Waals surface area contributed by atoms with Crippen molar-refractivity contribution >= 4 is 11.8 Å². The summed E-state index contributed by atoms with van der Waals surface area (Å²) in [5.41, 5.74) is 0. The van der Waals surface area contributed by atoms with Gasteiger partial charge in [-0.05, 0) is 12.8 Å². The number of hydrogen-bond acceptors (Lipinski definition) is 12. The van der Waals surface area contributed by atoms with Gasteiger partial charge in [0.1, 0.15) is 48.7 Å². The first kappa shape index (κ1) is 34.7. The van der Waals surface area contributed by atoms with Crippen LogP contribution in [0.4, 0.5) is 0 Å². The summed E-state index contributed by atoms with van der Waals surface area (Å²) in [5, 5.41) is 82.9. The molecule has 14 nitrogen and oxygen atoms in total. The molecule has 0 saturated carbocycles. The third-order valence-corrected chi connectivity index (χ3v) is 7.51. The second-order valence-electron chi connectivity index (χ2n) is 10.7. The SMILES string of the molecule is O=C(CCCCCCCCCCCCC(=O)N[C@@H]1[C@@H](O)[C@H](O)[C@@H](CO)O[C@H]1O)N[C@@H]1[C@@H](O)[C@H](O)[C@@H](CO)O[C@H]1O. The highest BCUT2D eigenvalue weighted by molar-refractivity contribution is 5.76. The fourth-order valence-electron chi connectivity index (χ4n) is 5.01. The maximum absolute atomic E-state index is 12.1. The van der Waals surface area contributed by atoms with Crippen molar-refractivity contribution in [2.75, 3.05) is 13.2 Å². The Bertz CT molecular complexity index is 686. The second kappa shape index (κ2) is 18.2. The van der Waals surface area contributed by atoms with E-state index in [2.05, 4.69) is 10.6 Å². The lowest BCUT2D eigenvalue weighted by atomic mass is 9.97. The minimum Gasteiger partial charge on any atom is -0.394 e. The van der Waals surface area contributed by atoms with E-state index in [9.17, 15) is 40.2 Å². The monoisotopic (exact) mass is 580 g/mol. The van der Waals surface area contributed by atoms with E-state index in [0.29, 0.717) is 12.8 Å². The zero-order valence-electron chi connectivity index (χ0n) is 22.9. The smallest absolute Gasteiger partial charge is 0.220 e. The van der Waals surface area contributed by atoms with Crippen molar-refractivity contribution in [1.82, 2.24) is 10.6 Å².